The molecular formula is C19H18FN3O7S. The van der Waals surface area contributed by atoms with Crippen molar-refractivity contribution in [2.75, 3.05) is 18.5 Å². The Balaban J connectivity index is 1.82. The molecule has 0 aliphatic carbocycles. The molecule has 0 unspecified atom stereocenters. The van der Waals surface area contributed by atoms with Crippen LogP contribution >= 0.6 is 0 Å². The molecule has 1 amide bonds. The van der Waals surface area contributed by atoms with Gasteiger partial charge >= 0.3 is 5.97 Å². The Kier molecular flexibility index (Phi) is 7.94. The Morgan fingerprint density at radius 2 is 1.87 bits per heavy atom. The second kappa shape index (κ2) is 10.4. The summed E-state index contributed by atoms with van der Waals surface area (Å²) in [4.78, 5) is 33.3. The van der Waals surface area contributed by atoms with E-state index in [0.717, 1.165) is 29.2 Å². The quantitative estimate of drug-likeness (QED) is 0.337. The second-order valence-electron chi connectivity index (χ2n) is 6.21. The summed E-state index contributed by atoms with van der Waals surface area (Å²) in [5.41, 5.74) is 0.751. The molecule has 31 heavy (non-hydrogen) atoms. The molecule has 0 spiro atoms. The van der Waals surface area contributed by atoms with Gasteiger partial charge in [-0.2, -0.15) is 0 Å². The largest absolute Gasteiger partial charge is 0.455 e. The first kappa shape index (κ1) is 23.6. The number of nitrogens with one attached hydrogen (secondary N) is 2. The minimum Gasteiger partial charge on any atom is -0.455 e. The molecule has 0 saturated heterocycles. The van der Waals surface area contributed by atoms with E-state index >= 15 is 0 Å². The first-order valence-corrected chi connectivity index (χ1v) is 10.2. The van der Waals surface area contributed by atoms with E-state index < -0.39 is 57.2 Å². The van der Waals surface area contributed by atoms with Crippen molar-refractivity contribution < 1.29 is 32.1 Å². The van der Waals surface area contributed by atoms with Crippen molar-refractivity contribution in [3.8, 4) is 0 Å². The third-order valence-corrected chi connectivity index (χ3v) is 4.77. The van der Waals surface area contributed by atoms with Gasteiger partial charge in [0, 0.05) is 17.5 Å². The van der Waals surface area contributed by atoms with Crippen molar-refractivity contribution in [3.05, 3.63) is 74.9 Å². The molecule has 0 aliphatic heterocycles. The predicted octanol–water partition coefficient (Wildman–Crippen LogP) is 2.11. The second-order valence-corrected chi connectivity index (χ2v) is 7.86. The highest BCUT2D eigenvalue weighted by molar-refractivity contribution is 7.92. The van der Waals surface area contributed by atoms with E-state index in [4.69, 9.17) is 0 Å². The predicted molar refractivity (Wildman–Crippen MR) is 110 cm³/mol. The van der Waals surface area contributed by atoms with Crippen molar-refractivity contribution in [1.82, 2.24) is 4.72 Å². The van der Waals surface area contributed by atoms with Gasteiger partial charge in [0.2, 0.25) is 10.0 Å². The molecule has 12 heteroatoms. The van der Waals surface area contributed by atoms with Crippen LogP contribution in [0.25, 0.3) is 6.08 Å². The van der Waals surface area contributed by atoms with Gasteiger partial charge in [0.05, 0.1) is 10.6 Å². The fourth-order valence-electron chi connectivity index (χ4n) is 2.16. The lowest BCUT2D eigenvalue weighted by Crippen LogP contribution is -2.31. The van der Waals surface area contributed by atoms with Crippen LogP contribution in [-0.2, 0) is 24.3 Å². The minimum absolute atomic E-state index is 0.443. The molecule has 2 aromatic rings. The number of hydrogen-bond donors (Lipinski definition) is 2. The lowest BCUT2D eigenvalue weighted by atomic mass is 10.2. The maximum Gasteiger partial charge on any atom is 0.321 e. The Morgan fingerprint density at radius 1 is 1.19 bits per heavy atom. The number of halogens is 1. The van der Waals surface area contributed by atoms with Crippen molar-refractivity contribution in [3.63, 3.8) is 0 Å². The van der Waals surface area contributed by atoms with E-state index in [0.29, 0.717) is 5.56 Å². The molecule has 0 radical (unpaired) electrons. The van der Waals surface area contributed by atoms with Crippen molar-refractivity contribution in [2.24, 2.45) is 0 Å². The van der Waals surface area contributed by atoms with Gasteiger partial charge in [0.15, 0.2) is 6.61 Å². The lowest BCUT2D eigenvalue weighted by molar-refractivity contribution is -0.384. The van der Waals surface area contributed by atoms with Crippen LogP contribution in [0.15, 0.2) is 47.9 Å². The number of sulfonamides is 1. The van der Waals surface area contributed by atoms with Crippen molar-refractivity contribution >= 4 is 39.4 Å². The summed E-state index contributed by atoms with van der Waals surface area (Å²) in [6, 6.07) is 9.59. The number of benzene rings is 2. The summed E-state index contributed by atoms with van der Waals surface area (Å²) in [5, 5.41) is 13.6. The number of esters is 1. The molecule has 0 aliphatic rings. The van der Waals surface area contributed by atoms with Gasteiger partial charge in [-0.1, -0.05) is 29.8 Å². The molecule has 0 fully saturated rings. The average molecular weight is 451 g/mol. The summed E-state index contributed by atoms with van der Waals surface area (Å²) in [7, 11) is -3.94. The average Bonchev–Trinajstić information content (AvgIpc) is 2.72. The molecule has 2 aromatic carbocycles. The fraction of sp³-hybridized carbons (Fsp3) is 0.158. The number of nitrogens with zero attached hydrogens (tertiary/aromatic N) is 1. The van der Waals surface area contributed by atoms with E-state index in [1.165, 1.54) is 6.08 Å². The standard InChI is InChI=1S/C19H18FN3O7S/c1-13-2-4-14(5-3-13)8-9-31(28,29)21-11-19(25)30-12-18(24)22-17-10-15(23(26)27)6-7-16(17)20/h2-10,21H,11-12H2,1H3,(H,22,24)/b9-8+. The molecule has 10 nitrogen and oxygen atoms in total. The Morgan fingerprint density at radius 3 is 2.52 bits per heavy atom. The molecule has 0 saturated carbocycles. The number of ether oxygens (including phenoxy) is 1. The molecule has 0 atom stereocenters. The third kappa shape index (κ3) is 7.95. The van der Waals surface area contributed by atoms with Gasteiger partial charge in [-0.3, -0.25) is 19.7 Å². The molecule has 164 valence electrons. The van der Waals surface area contributed by atoms with Crippen molar-refractivity contribution in [2.45, 2.75) is 6.92 Å². The zero-order chi connectivity index (χ0) is 23.0. The smallest absolute Gasteiger partial charge is 0.321 e. The maximum atomic E-state index is 13.6. The van der Waals surface area contributed by atoms with Gasteiger partial charge in [0.25, 0.3) is 11.6 Å². The topological polar surface area (TPSA) is 145 Å². The first-order valence-electron chi connectivity index (χ1n) is 8.69. The van der Waals surface area contributed by atoms with Crippen LogP contribution in [0.4, 0.5) is 15.8 Å². The monoisotopic (exact) mass is 451 g/mol. The van der Waals surface area contributed by atoms with Gasteiger partial charge in [0.1, 0.15) is 12.4 Å². The molecule has 2 rings (SSSR count). The van der Waals surface area contributed by atoms with E-state index in [1.54, 1.807) is 12.1 Å². The summed E-state index contributed by atoms with van der Waals surface area (Å²) in [6.07, 6.45) is 1.34. The van der Waals surface area contributed by atoms with Gasteiger partial charge in [-0.25, -0.2) is 17.5 Å². The summed E-state index contributed by atoms with van der Waals surface area (Å²) < 4.78 is 44.0. The molecule has 0 aromatic heterocycles. The Bertz CT molecular complexity index is 1120. The zero-order valence-corrected chi connectivity index (χ0v) is 17.0. The van der Waals surface area contributed by atoms with Crippen LogP contribution in [0.5, 0.6) is 0 Å². The van der Waals surface area contributed by atoms with Gasteiger partial charge in [-0.05, 0) is 24.6 Å². The third-order valence-electron chi connectivity index (χ3n) is 3.73. The van der Waals surface area contributed by atoms with Crippen LogP contribution < -0.4 is 10.0 Å². The number of carbonyl (C=O) groups is 2. The molecule has 2 N–H and O–H groups in total. The Hall–Kier alpha value is -3.64. The number of rotatable bonds is 9. The number of hydrogen-bond acceptors (Lipinski definition) is 7. The fourth-order valence-corrected chi connectivity index (χ4v) is 2.91. The van der Waals surface area contributed by atoms with E-state index in [1.807, 2.05) is 29.1 Å². The van der Waals surface area contributed by atoms with E-state index in [2.05, 4.69) is 4.74 Å². The zero-order valence-electron chi connectivity index (χ0n) is 16.2. The SMILES string of the molecule is Cc1ccc(/C=C/S(=O)(=O)NCC(=O)OCC(=O)Nc2cc([N+](=O)[O-])ccc2F)cc1. The number of carbonyl (C=O) groups excluding carboxylic acids is 2. The van der Waals surface area contributed by atoms with E-state index in [9.17, 15) is 32.5 Å². The minimum atomic E-state index is -3.94. The normalized spacial score (nSPS) is 11.3. The number of anilines is 1. The number of nitro benzene ring substituents is 1. The number of aryl methyl sites for hydroxylation is 1. The number of amides is 1. The highest BCUT2D eigenvalue weighted by Gasteiger charge is 2.15. The summed E-state index contributed by atoms with van der Waals surface area (Å²) in [6.45, 7) is 0.304. The van der Waals surface area contributed by atoms with Crippen LogP contribution in [0.1, 0.15) is 11.1 Å². The molecule has 0 bridgehead atoms. The van der Waals surface area contributed by atoms with E-state index in [-0.39, 0.29) is 0 Å². The highest BCUT2D eigenvalue weighted by Crippen LogP contribution is 2.21. The summed E-state index contributed by atoms with van der Waals surface area (Å²) >= 11 is 0. The van der Waals surface area contributed by atoms with Crippen LogP contribution in [0.3, 0.4) is 0 Å². The van der Waals surface area contributed by atoms with Crippen LogP contribution in [0.2, 0.25) is 0 Å². The first-order chi connectivity index (χ1) is 14.6. The Labute approximate surface area is 176 Å². The van der Waals surface area contributed by atoms with Crippen LogP contribution in [-0.4, -0.2) is 38.4 Å². The maximum absolute atomic E-state index is 13.6. The molecular weight excluding hydrogens is 433 g/mol. The molecule has 0 heterocycles. The van der Waals surface area contributed by atoms with Crippen molar-refractivity contribution in [1.29, 1.82) is 0 Å². The highest BCUT2D eigenvalue weighted by atomic mass is 32.2. The van der Waals surface area contributed by atoms with Gasteiger partial charge < -0.3 is 10.1 Å². The lowest BCUT2D eigenvalue weighted by Gasteiger charge is -2.08. The van der Waals surface area contributed by atoms with Crippen LogP contribution in [0, 0.1) is 22.9 Å². The van der Waals surface area contributed by atoms with Gasteiger partial charge in [-0.15, -0.1) is 0 Å². The number of non-ortho nitro benzene ring substituents is 1. The number of nitro groups is 1. The summed E-state index contributed by atoms with van der Waals surface area (Å²) in [5.74, 6) is -2.93.